The number of hydrogen-bond donors (Lipinski definition) is 0. The third-order valence-electron chi connectivity index (χ3n) is 5.94. The molecule has 2 heteroatoms. The fourth-order valence-electron chi connectivity index (χ4n) is 4.68. The van der Waals surface area contributed by atoms with E-state index in [2.05, 4.69) is 129 Å². The highest BCUT2D eigenvalue weighted by molar-refractivity contribution is 9.10. The molecule has 0 unspecified atom stereocenters. The molecule has 0 amide bonds. The van der Waals surface area contributed by atoms with E-state index in [-0.39, 0.29) is 0 Å². The van der Waals surface area contributed by atoms with Gasteiger partial charge in [-0.05, 0) is 84.9 Å². The van der Waals surface area contributed by atoms with Gasteiger partial charge in [0.25, 0.3) is 0 Å². The molecule has 2 aliphatic rings. The molecule has 30 heavy (non-hydrogen) atoms. The van der Waals surface area contributed by atoms with Crippen LogP contribution in [0, 0.1) is 0 Å². The van der Waals surface area contributed by atoms with Crippen molar-refractivity contribution >= 4 is 64.2 Å². The van der Waals surface area contributed by atoms with Crippen LogP contribution in [0.25, 0.3) is 54.6 Å². The minimum Gasteiger partial charge on any atom is -0.0616 e. The van der Waals surface area contributed by atoms with E-state index in [9.17, 15) is 0 Å². The lowest BCUT2D eigenvalue weighted by molar-refractivity contribution is 1.62. The van der Waals surface area contributed by atoms with Crippen LogP contribution < -0.4 is 0 Å². The average Bonchev–Trinajstić information content (AvgIpc) is 3.06. The summed E-state index contributed by atoms with van der Waals surface area (Å²) in [6.07, 6.45) is 0. The van der Waals surface area contributed by atoms with Crippen molar-refractivity contribution < 1.29 is 0 Å². The third-order valence-corrected chi connectivity index (χ3v) is 6.96. The van der Waals surface area contributed by atoms with Gasteiger partial charge in [0, 0.05) is 8.95 Å². The molecule has 0 bridgehead atoms. The van der Waals surface area contributed by atoms with Gasteiger partial charge in [0.1, 0.15) is 0 Å². The van der Waals surface area contributed by atoms with Crippen molar-refractivity contribution in [2.45, 2.75) is 0 Å². The highest BCUT2D eigenvalue weighted by Gasteiger charge is 2.19. The number of rotatable bonds is 1. The summed E-state index contributed by atoms with van der Waals surface area (Å²) in [5.41, 5.74) is 5.02. The molecule has 6 rings (SSSR count). The normalized spacial score (nSPS) is 11.7. The first-order valence-corrected chi connectivity index (χ1v) is 11.5. The zero-order valence-electron chi connectivity index (χ0n) is 16.0. The van der Waals surface area contributed by atoms with Crippen molar-refractivity contribution in [2.24, 2.45) is 0 Å². The second-order valence-corrected chi connectivity index (χ2v) is 9.47. The third kappa shape index (κ3) is 2.71. The van der Waals surface area contributed by atoms with Crippen molar-refractivity contribution in [1.29, 1.82) is 0 Å². The number of benzene rings is 4. The van der Waals surface area contributed by atoms with Crippen LogP contribution >= 0.6 is 31.9 Å². The summed E-state index contributed by atoms with van der Waals surface area (Å²) in [6.45, 7) is 0. The lowest BCUT2D eigenvalue weighted by atomic mass is 9.92. The molecular formula is C28H16Br2. The molecule has 0 saturated carbocycles. The fourth-order valence-corrected chi connectivity index (χ4v) is 5.32. The van der Waals surface area contributed by atoms with E-state index in [1.54, 1.807) is 0 Å². The minimum absolute atomic E-state index is 1.08. The van der Waals surface area contributed by atoms with E-state index in [0.717, 1.165) is 8.95 Å². The summed E-state index contributed by atoms with van der Waals surface area (Å²) in [4.78, 5) is 0. The molecule has 142 valence electrons. The predicted molar refractivity (Wildman–Crippen MR) is 136 cm³/mol. The quantitative estimate of drug-likeness (QED) is 0.193. The second kappa shape index (κ2) is 6.94. The summed E-state index contributed by atoms with van der Waals surface area (Å²) in [5.74, 6) is 0. The van der Waals surface area contributed by atoms with Crippen LogP contribution in [0.1, 0.15) is 0 Å². The molecule has 0 N–H and O–H groups in total. The topological polar surface area (TPSA) is 0 Å². The van der Waals surface area contributed by atoms with E-state index in [1.807, 2.05) is 0 Å². The van der Waals surface area contributed by atoms with Gasteiger partial charge in [0.05, 0.1) is 0 Å². The maximum atomic E-state index is 3.73. The molecule has 0 fully saturated rings. The summed E-state index contributed by atoms with van der Waals surface area (Å²) in [7, 11) is 0. The molecule has 0 aromatic heterocycles. The molecule has 0 heterocycles. The Kier molecular flexibility index (Phi) is 4.19. The molecular weight excluding hydrogens is 496 g/mol. The molecule has 0 atom stereocenters. The van der Waals surface area contributed by atoms with Crippen molar-refractivity contribution in [2.75, 3.05) is 0 Å². The number of halogens is 2. The molecule has 4 aromatic carbocycles. The minimum atomic E-state index is 1.08. The van der Waals surface area contributed by atoms with Gasteiger partial charge in [-0.15, -0.1) is 0 Å². The van der Waals surface area contributed by atoms with Gasteiger partial charge in [-0.25, -0.2) is 0 Å². The SMILES string of the molecule is Brc1ccc(-c2ccc(Br)cc3cc4c5ccccc5c5ccccc5c4c2-3)cc1. The Balaban J connectivity index is 1.89. The Bertz CT molecular complexity index is 1550. The summed E-state index contributed by atoms with van der Waals surface area (Å²) >= 11 is 7.30. The predicted octanol–water partition coefficient (Wildman–Crippen LogP) is 9.44. The zero-order chi connectivity index (χ0) is 20.2. The Morgan fingerprint density at radius 2 is 1.00 bits per heavy atom. The van der Waals surface area contributed by atoms with Crippen LogP contribution in [0.4, 0.5) is 0 Å². The molecule has 0 saturated heterocycles. The number of fused-ring (bicyclic) bond motifs is 8. The Hall–Kier alpha value is -2.68. The molecule has 0 nitrogen and oxygen atoms in total. The van der Waals surface area contributed by atoms with Crippen LogP contribution in [0.15, 0.2) is 106 Å². The maximum absolute atomic E-state index is 3.73. The average molecular weight is 512 g/mol. The van der Waals surface area contributed by atoms with Crippen molar-refractivity contribution in [3.8, 4) is 22.3 Å². The van der Waals surface area contributed by atoms with Gasteiger partial charge in [0.15, 0.2) is 0 Å². The second-order valence-electron chi connectivity index (χ2n) is 7.64. The standard InChI is InChI=1S/C28H16Br2/c29-19-11-9-17(10-12-19)21-14-13-20(30)15-18-16-26-24-7-2-1-5-22(24)23-6-3-4-8-25(23)28(26)27(18)21/h1-16H. The monoisotopic (exact) mass is 510 g/mol. The molecule has 2 aliphatic carbocycles. The van der Waals surface area contributed by atoms with E-state index < -0.39 is 0 Å². The van der Waals surface area contributed by atoms with E-state index in [0.29, 0.717) is 0 Å². The van der Waals surface area contributed by atoms with Crippen LogP contribution in [-0.2, 0) is 0 Å². The van der Waals surface area contributed by atoms with Crippen molar-refractivity contribution in [1.82, 2.24) is 0 Å². The van der Waals surface area contributed by atoms with Crippen LogP contribution in [0.3, 0.4) is 0 Å². The van der Waals surface area contributed by atoms with Gasteiger partial charge in [-0.2, -0.15) is 0 Å². The van der Waals surface area contributed by atoms with Gasteiger partial charge < -0.3 is 0 Å². The Morgan fingerprint density at radius 1 is 0.433 bits per heavy atom. The van der Waals surface area contributed by atoms with Crippen molar-refractivity contribution in [3.63, 3.8) is 0 Å². The summed E-state index contributed by atoms with van der Waals surface area (Å²) in [6, 6.07) is 35.1. The van der Waals surface area contributed by atoms with E-state index in [1.165, 1.54) is 54.6 Å². The molecule has 4 aromatic rings. The molecule has 0 spiro atoms. The lowest BCUT2D eigenvalue weighted by Gasteiger charge is -2.11. The Labute approximate surface area is 191 Å². The zero-order valence-corrected chi connectivity index (χ0v) is 19.2. The van der Waals surface area contributed by atoms with E-state index in [4.69, 9.17) is 0 Å². The highest BCUT2D eigenvalue weighted by atomic mass is 79.9. The molecule has 0 aliphatic heterocycles. The summed E-state index contributed by atoms with van der Waals surface area (Å²) < 4.78 is 2.17. The first-order valence-electron chi connectivity index (χ1n) is 9.92. The highest BCUT2D eigenvalue weighted by Crippen LogP contribution is 2.47. The van der Waals surface area contributed by atoms with Crippen LogP contribution in [0.5, 0.6) is 0 Å². The van der Waals surface area contributed by atoms with Crippen molar-refractivity contribution in [3.05, 3.63) is 106 Å². The van der Waals surface area contributed by atoms with Gasteiger partial charge in [0.2, 0.25) is 0 Å². The van der Waals surface area contributed by atoms with Gasteiger partial charge in [-0.3, -0.25) is 0 Å². The fraction of sp³-hybridized carbons (Fsp3) is 0. The maximum Gasteiger partial charge on any atom is 0.0181 e. The largest absolute Gasteiger partial charge is 0.0616 e. The lowest BCUT2D eigenvalue weighted by Crippen LogP contribution is -1.83. The Morgan fingerprint density at radius 3 is 1.70 bits per heavy atom. The van der Waals surface area contributed by atoms with Gasteiger partial charge >= 0.3 is 0 Å². The van der Waals surface area contributed by atoms with Crippen LogP contribution in [0.2, 0.25) is 0 Å². The first-order chi connectivity index (χ1) is 14.7. The van der Waals surface area contributed by atoms with Gasteiger partial charge in [-0.1, -0.05) is 98.6 Å². The molecule has 0 radical (unpaired) electrons. The summed E-state index contributed by atoms with van der Waals surface area (Å²) in [5, 5.41) is 7.88. The van der Waals surface area contributed by atoms with E-state index >= 15 is 0 Å². The van der Waals surface area contributed by atoms with Crippen LogP contribution in [-0.4, -0.2) is 0 Å². The number of hydrogen-bond acceptors (Lipinski definition) is 0. The first kappa shape index (κ1) is 18.1. The smallest absolute Gasteiger partial charge is 0.0181 e.